The van der Waals surface area contributed by atoms with Crippen LogP contribution in [0, 0.1) is 0 Å². The molecule has 0 atom stereocenters. The zero-order chi connectivity index (χ0) is 15.6. The molecule has 1 rings (SSSR count). The summed E-state index contributed by atoms with van der Waals surface area (Å²) in [6, 6.07) is 8.95. The first kappa shape index (κ1) is 18.7. The van der Waals surface area contributed by atoms with Gasteiger partial charge in [-0.1, -0.05) is 68.1 Å². The number of hydrogen-bond acceptors (Lipinski definition) is 0. The first-order valence-electron chi connectivity index (χ1n) is 8.75. The predicted molar refractivity (Wildman–Crippen MR) is 97.4 cm³/mol. The van der Waals surface area contributed by atoms with Gasteiger partial charge in [0.25, 0.3) is 0 Å². The molecule has 0 aromatic heterocycles. The van der Waals surface area contributed by atoms with E-state index < -0.39 is 0 Å². The highest BCUT2D eigenvalue weighted by Gasteiger charge is 2.26. The van der Waals surface area contributed by atoms with Gasteiger partial charge in [0.1, 0.15) is 6.54 Å². The van der Waals surface area contributed by atoms with Crippen LogP contribution in [-0.4, -0.2) is 24.1 Å². The summed E-state index contributed by atoms with van der Waals surface area (Å²) in [5.74, 6) is 0. The van der Waals surface area contributed by atoms with Crippen molar-refractivity contribution in [2.75, 3.05) is 19.6 Å². The van der Waals surface area contributed by atoms with Gasteiger partial charge in [-0.15, -0.1) is 0 Å². The van der Waals surface area contributed by atoms with Gasteiger partial charge in [0.05, 0.1) is 19.6 Å². The molecular weight excluding hydrogens is 322 g/mol. The minimum Gasteiger partial charge on any atom is -0.320 e. The first-order chi connectivity index (χ1) is 10.2. The van der Waals surface area contributed by atoms with Gasteiger partial charge in [0.15, 0.2) is 0 Å². The van der Waals surface area contributed by atoms with E-state index in [0.717, 1.165) is 0 Å². The third-order valence-electron chi connectivity index (χ3n) is 4.39. The van der Waals surface area contributed by atoms with Crippen molar-refractivity contribution in [3.63, 3.8) is 0 Å². The molecule has 0 unspecified atom stereocenters. The van der Waals surface area contributed by atoms with Crippen molar-refractivity contribution in [3.05, 3.63) is 34.3 Å². The second-order valence-electron chi connectivity index (χ2n) is 6.36. The van der Waals surface area contributed by atoms with E-state index >= 15 is 0 Å². The van der Waals surface area contributed by atoms with Gasteiger partial charge in [-0.2, -0.15) is 0 Å². The number of halogens is 1. The summed E-state index contributed by atoms with van der Waals surface area (Å²) in [4.78, 5) is 0. The molecule has 21 heavy (non-hydrogen) atoms. The average molecular weight is 355 g/mol. The molecule has 2 heteroatoms. The Morgan fingerprint density at radius 3 is 1.57 bits per heavy atom. The Bertz CT molecular complexity index is 350. The Labute approximate surface area is 140 Å². The molecule has 0 amide bonds. The number of benzene rings is 1. The van der Waals surface area contributed by atoms with Crippen LogP contribution in [-0.2, 0) is 6.54 Å². The van der Waals surface area contributed by atoms with E-state index in [1.54, 1.807) is 0 Å². The van der Waals surface area contributed by atoms with Crippen LogP contribution in [0.4, 0.5) is 0 Å². The van der Waals surface area contributed by atoms with E-state index in [-0.39, 0.29) is 0 Å². The predicted octanol–water partition coefficient (Wildman–Crippen LogP) is 6.17. The topological polar surface area (TPSA) is 0 Å². The molecule has 0 spiro atoms. The van der Waals surface area contributed by atoms with Gasteiger partial charge in [0.2, 0.25) is 0 Å². The minimum atomic E-state index is 1.18. The maximum atomic E-state index is 3.55. The SMILES string of the molecule is CCCC[N+](CCCC)(CCCC)Cc1ccc(Br)cc1. The molecule has 0 fully saturated rings. The molecular formula is C19H33BrN+. The van der Waals surface area contributed by atoms with E-state index in [1.807, 2.05) is 0 Å². The third-order valence-corrected chi connectivity index (χ3v) is 4.92. The lowest BCUT2D eigenvalue weighted by molar-refractivity contribution is -0.941. The summed E-state index contributed by atoms with van der Waals surface area (Å²) in [7, 11) is 0. The molecule has 120 valence electrons. The molecule has 0 heterocycles. The fourth-order valence-electron chi connectivity index (χ4n) is 3.03. The molecule has 0 N–H and O–H groups in total. The Balaban J connectivity index is 2.85. The van der Waals surface area contributed by atoms with Crippen molar-refractivity contribution in [1.29, 1.82) is 0 Å². The Morgan fingerprint density at radius 1 is 0.762 bits per heavy atom. The molecule has 0 bridgehead atoms. The number of nitrogens with zero attached hydrogens (tertiary/aromatic N) is 1. The normalized spacial score (nSPS) is 11.8. The number of unbranched alkanes of at least 4 members (excludes halogenated alkanes) is 3. The second-order valence-corrected chi connectivity index (χ2v) is 7.27. The fourth-order valence-corrected chi connectivity index (χ4v) is 3.29. The lowest BCUT2D eigenvalue weighted by Crippen LogP contribution is -2.49. The van der Waals surface area contributed by atoms with Gasteiger partial charge >= 0.3 is 0 Å². The Morgan fingerprint density at radius 2 is 1.19 bits per heavy atom. The summed E-state index contributed by atoms with van der Waals surface area (Å²) in [6.07, 6.45) is 7.97. The second kappa shape index (κ2) is 10.4. The van der Waals surface area contributed by atoms with Crippen molar-refractivity contribution in [2.45, 2.75) is 65.8 Å². The zero-order valence-electron chi connectivity index (χ0n) is 14.2. The molecule has 0 aliphatic carbocycles. The molecule has 1 aromatic rings. The van der Waals surface area contributed by atoms with Crippen molar-refractivity contribution in [2.24, 2.45) is 0 Å². The van der Waals surface area contributed by atoms with E-state index in [1.165, 1.54) is 79.2 Å². The zero-order valence-corrected chi connectivity index (χ0v) is 15.8. The quantitative estimate of drug-likeness (QED) is 0.417. The van der Waals surface area contributed by atoms with Crippen LogP contribution >= 0.6 is 15.9 Å². The molecule has 0 aliphatic heterocycles. The first-order valence-corrected chi connectivity index (χ1v) is 9.54. The average Bonchev–Trinajstić information content (AvgIpc) is 2.51. The molecule has 0 saturated heterocycles. The van der Waals surface area contributed by atoms with Crippen LogP contribution in [0.2, 0.25) is 0 Å². The monoisotopic (exact) mass is 354 g/mol. The van der Waals surface area contributed by atoms with Crippen LogP contribution in [0.25, 0.3) is 0 Å². The van der Waals surface area contributed by atoms with Crippen LogP contribution in [0.15, 0.2) is 28.7 Å². The molecule has 0 aliphatic rings. The number of quaternary nitrogens is 1. The summed E-state index contributed by atoms with van der Waals surface area (Å²) < 4.78 is 2.47. The van der Waals surface area contributed by atoms with Gasteiger partial charge < -0.3 is 4.48 Å². The van der Waals surface area contributed by atoms with Crippen LogP contribution < -0.4 is 0 Å². The van der Waals surface area contributed by atoms with Crippen LogP contribution in [0.1, 0.15) is 64.9 Å². The van der Waals surface area contributed by atoms with Crippen LogP contribution in [0.5, 0.6) is 0 Å². The van der Waals surface area contributed by atoms with Crippen molar-refractivity contribution < 1.29 is 4.48 Å². The number of rotatable bonds is 11. The van der Waals surface area contributed by atoms with E-state index in [4.69, 9.17) is 0 Å². The van der Waals surface area contributed by atoms with E-state index in [0.29, 0.717) is 0 Å². The van der Waals surface area contributed by atoms with Crippen molar-refractivity contribution >= 4 is 15.9 Å². The van der Waals surface area contributed by atoms with Crippen molar-refractivity contribution in [1.82, 2.24) is 0 Å². The maximum absolute atomic E-state index is 3.55. The van der Waals surface area contributed by atoms with Gasteiger partial charge in [0, 0.05) is 10.0 Å². The highest BCUT2D eigenvalue weighted by atomic mass is 79.9. The summed E-state index contributed by atoms with van der Waals surface area (Å²) in [5.41, 5.74) is 1.49. The lowest BCUT2D eigenvalue weighted by atomic mass is 10.1. The van der Waals surface area contributed by atoms with Crippen LogP contribution in [0.3, 0.4) is 0 Å². The fraction of sp³-hybridized carbons (Fsp3) is 0.684. The summed E-state index contributed by atoms with van der Waals surface area (Å²) in [6.45, 7) is 12.2. The summed E-state index contributed by atoms with van der Waals surface area (Å²) in [5, 5.41) is 0. The molecule has 1 aromatic carbocycles. The van der Waals surface area contributed by atoms with Gasteiger partial charge in [-0.25, -0.2) is 0 Å². The number of hydrogen-bond donors (Lipinski definition) is 0. The smallest absolute Gasteiger partial charge is 0.104 e. The van der Waals surface area contributed by atoms with E-state index in [9.17, 15) is 0 Å². The Kier molecular flexibility index (Phi) is 9.26. The standard InChI is InChI=1S/C19H33BrN/c1-4-7-14-21(15-8-5-2,16-9-6-3)17-18-10-12-19(20)13-11-18/h10-13H,4-9,14-17H2,1-3H3/q+1. The highest BCUT2D eigenvalue weighted by Crippen LogP contribution is 2.21. The molecule has 0 saturated carbocycles. The van der Waals surface area contributed by atoms with Gasteiger partial charge in [-0.3, -0.25) is 0 Å². The lowest BCUT2D eigenvalue weighted by Gasteiger charge is -2.39. The minimum absolute atomic E-state index is 1.18. The summed E-state index contributed by atoms with van der Waals surface area (Å²) >= 11 is 3.55. The largest absolute Gasteiger partial charge is 0.320 e. The van der Waals surface area contributed by atoms with Gasteiger partial charge in [-0.05, 0) is 31.4 Å². The highest BCUT2D eigenvalue weighted by molar-refractivity contribution is 9.10. The van der Waals surface area contributed by atoms with E-state index in [2.05, 4.69) is 61.0 Å². The molecule has 1 nitrogen and oxygen atoms in total. The third kappa shape index (κ3) is 6.97. The molecule has 0 radical (unpaired) electrons. The maximum Gasteiger partial charge on any atom is 0.104 e. The Hall–Kier alpha value is -0.340. The van der Waals surface area contributed by atoms with Crippen molar-refractivity contribution in [3.8, 4) is 0 Å².